The molecule has 134 valence electrons. The lowest BCUT2D eigenvalue weighted by atomic mass is 10.0. The Bertz CT molecular complexity index is 937. The summed E-state index contributed by atoms with van der Waals surface area (Å²) in [6.45, 7) is 3.32. The van der Waals surface area contributed by atoms with Gasteiger partial charge in [0.25, 0.3) is 0 Å². The minimum atomic E-state index is -0.258. The van der Waals surface area contributed by atoms with Gasteiger partial charge in [-0.2, -0.15) is 4.98 Å². The third-order valence-electron chi connectivity index (χ3n) is 5.51. The minimum absolute atomic E-state index is 0.258. The van der Waals surface area contributed by atoms with Gasteiger partial charge in [0, 0.05) is 42.4 Å². The maximum Gasteiger partial charge on any atom is 0.227 e. The van der Waals surface area contributed by atoms with Crippen LogP contribution in [-0.4, -0.2) is 45.8 Å². The molecule has 6 heteroatoms. The van der Waals surface area contributed by atoms with Crippen LogP contribution in [0.15, 0.2) is 36.5 Å². The van der Waals surface area contributed by atoms with Crippen molar-refractivity contribution in [3.8, 4) is 0 Å². The van der Waals surface area contributed by atoms with E-state index in [0.29, 0.717) is 6.54 Å². The second-order valence-corrected chi connectivity index (χ2v) is 7.26. The van der Waals surface area contributed by atoms with Gasteiger partial charge in [0.05, 0.1) is 12.6 Å². The molecule has 1 aromatic carbocycles. The van der Waals surface area contributed by atoms with E-state index in [4.69, 9.17) is 4.98 Å². The summed E-state index contributed by atoms with van der Waals surface area (Å²) in [5.74, 6) is 1.68. The quantitative estimate of drug-likeness (QED) is 0.744. The summed E-state index contributed by atoms with van der Waals surface area (Å²) in [4.78, 5) is 17.3. The van der Waals surface area contributed by atoms with Gasteiger partial charge in [0.2, 0.25) is 5.95 Å². The zero-order valence-corrected chi connectivity index (χ0v) is 14.7. The molecule has 26 heavy (non-hydrogen) atoms. The van der Waals surface area contributed by atoms with Crippen molar-refractivity contribution >= 4 is 22.7 Å². The van der Waals surface area contributed by atoms with Crippen molar-refractivity contribution in [1.29, 1.82) is 0 Å². The largest absolute Gasteiger partial charge is 0.391 e. The minimum Gasteiger partial charge on any atom is -0.391 e. The first kappa shape index (κ1) is 15.6. The van der Waals surface area contributed by atoms with Crippen LogP contribution in [0.2, 0.25) is 0 Å². The van der Waals surface area contributed by atoms with Gasteiger partial charge >= 0.3 is 0 Å². The number of hydrogen-bond donors (Lipinski definition) is 2. The first-order valence-corrected chi connectivity index (χ1v) is 9.37. The molecule has 0 unspecified atom stereocenters. The fourth-order valence-corrected chi connectivity index (χ4v) is 4.19. The number of β-amino-alcohol motifs (C(OH)–C–C–N with tert-alkyl or cyclic N) is 1. The summed E-state index contributed by atoms with van der Waals surface area (Å²) in [6, 6.07) is 10.4. The molecule has 2 aliphatic heterocycles. The number of aromatic amines is 1. The molecule has 0 radical (unpaired) electrons. The molecule has 0 amide bonds. The van der Waals surface area contributed by atoms with Crippen molar-refractivity contribution in [2.75, 3.05) is 29.4 Å². The van der Waals surface area contributed by atoms with Gasteiger partial charge in [-0.3, -0.25) is 0 Å². The fraction of sp³-hybridized carbons (Fsp3) is 0.400. The Hall–Kier alpha value is -2.60. The zero-order valence-electron chi connectivity index (χ0n) is 14.7. The van der Waals surface area contributed by atoms with E-state index in [1.165, 1.54) is 22.2 Å². The van der Waals surface area contributed by atoms with Gasteiger partial charge in [-0.05, 0) is 37.0 Å². The average Bonchev–Trinajstić information content (AvgIpc) is 3.06. The normalized spacial score (nSPS) is 20.4. The van der Waals surface area contributed by atoms with Gasteiger partial charge < -0.3 is 19.9 Å². The molecule has 0 saturated carbocycles. The van der Waals surface area contributed by atoms with E-state index in [1.807, 2.05) is 12.3 Å². The summed E-state index contributed by atoms with van der Waals surface area (Å²) < 4.78 is 0. The lowest BCUT2D eigenvalue weighted by Gasteiger charge is -2.32. The smallest absolute Gasteiger partial charge is 0.227 e. The summed E-state index contributed by atoms with van der Waals surface area (Å²) in [6.07, 6.45) is 4.45. The van der Waals surface area contributed by atoms with Crippen LogP contribution in [0.1, 0.15) is 24.1 Å². The van der Waals surface area contributed by atoms with E-state index in [-0.39, 0.29) is 6.10 Å². The third kappa shape index (κ3) is 2.70. The van der Waals surface area contributed by atoms with E-state index in [9.17, 15) is 5.11 Å². The number of aromatic nitrogens is 3. The lowest BCUT2D eigenvalue weighted by molar-refractivity contribution is 0.154. The monoisotopic (exact) mass is 349 g/mol. The van der Waals surface area contributed by atoms with E-state index in [1.54, 1.807) is 0 Å². The number of nitrogens with zero attached hydrogens (tertiary/aromatic N) is 4. The second kappa shape index (κ2) is 6.29. The molecule has 0 bridgehead atoms. The maximum atomic E-state index is 9.94. The Morgan fingerprint density at radius 2 is 2.04 bits per heavy atom. The highest BCUT2D eigenvalue weighted by molar-refractivity contribution is 5.85. The second-order valence-electron chi connectivity index (χ2n) is 7.26. The molecular formula is C20H23N5O. The van der Waals surface area contributed by atoms with Crippen LogP contribution < -0.4 is 9.80 Å². The number of piperidine rings is 1. The van der Waals surface area contributed by atoms with Crippen LogP contribution in [0.4, 0.5) is 11.8 Å². The number of benzene rings is 1. The Balaban J connectivity index is 1.41. The zero-order chi connectivity index (χ0) is 17.5. The Kier molecular flexibility index (Phi) is 3.78. The Morgan fingerprint density at radius 1 is 1.12 bits per heavy atom. The number of H-pyrrole nitrogens is 1. The molecule has 5 rings (SSSR count). The van der Waals surface area contributed by atoms with Crippen LogP contribution in [-0.2, 0) is 13.0 Å². The Morgan fingerprint density at radius 3 is 2.96 bits per heavy atom. The molecule has 2 N–H and O–H groups in total. The molecular weight excluding hydrogens is 326 g/mol. The number of fused-ring (bicyclic) bond motifs is 3. The highest BCUT2D eigenvalue weighted by Gasteiger charge is 2.24. The molecule has 0 spiro atoms. The number of rotatable bonds is 2. The van der Waals surface area contributed by atoms with E-state index >= 15 is 0 Å². The number of hydrogen-bond acceptors (Lipinski definition) is 5. The van der Waals surface area contributed by atoms with Crippen molar-refractivity contribution in [2.24, 2.45) is 0 Å². The number of para-hydroxylation sites is 1. The lowest BCUT2D eigenvalue weighted by Crippen LogP contribution is -2.39. The SMILES string of the molecule is O[C@H]1CCCN(c2ccnc(N3CCc4c([nH]c5ccccc45)C3)n2)C1. The average molecular weight is 349 g/mol. The topological polar surface area (TPSA) is 68.3 Å². The van der Waals surface area contributed by atoms with E-state index in [0.717, 1.165) is 50.7 Å². The highest BCUT2D eigenvalue weighted by Crippen LogP contribution is 2.29. The van der Waals surface area contributed by atoms with Gasteiger partial charge in [-0.15, -0.1) is 0 Å². The van der Waals surface area contributed by atoms with Gasteiger partial charge in [0.1, 0.15) is 5.82 Å². The predicted molar refractivity (Wildman–Crippen MR) is 103 cm³/mol. The summed E-state index contributed by atoms with van der Waals surface area (Å²) >= 11 is 0. The summed E-state index contributed by atoms with van der Waals surface area (Å²) in [5.41, 5.74) is 3.89. The first-order chi connectivity index (χ1) is 12.8. The molecule has 1 atom stereocenters. The van der Waals surface area contributed by atoms with Crippen molar-refractivity contribution < 1.29 is 5.11 Å². The Labute approximate surface area is 152 Å². The van der Waals surface area contributed by atoms with Crippen LogP contribution >= 0.6 is 0 Å². The third-order valence-corrected chi connectivity index (χ3v) is 5.51. The van der Waals surface area contributed by atoms with Crippen molar-refractivity contribution in [3.63, 3.8) is 0 Å². The molecule has 2 aromatic heterocycles. The molecule has 0 aliphatic carbocycles. The number of aliphatic hydroxyl groups is 1. The van der Waals surface area contributed by atoms with Crippen LogP contribution in [0.25, 0.3) is 10.9 Å². The van der Waals surface area contributed by atoms with Crippen molar-refractivity contribution in [2.45, 2.75) is 31.9 Å². The predicted octanol–water partition coefficient (Wildman–Crippen LogP) is 2.48. The van der Waals surface area contributed by atoms with Crippen LogP contribution in [0, 0.1) is 0 Å². The van der Waals surface area contributed by atoms with Crippen LogP contribution in [0.3, 0.4) is 0 Å². The van der Waals surface area contributed by atoms with E-state index < -0.39 is 0 Å². The molecule has 6 nitrogen and oxygen atoms in total. The number of anilines is 2. The molecule has 4 heterocycles. The molecule has 1 fully saturated rings. The first-order valence-electron chi connectivity index (χ1n) is 9.37. The number of aliphatic hydroxyl groups excluding tert-OH is 1. The highest BCUT2D eigenvalue weighted by atomic mass is 16.3. The molecule has 1 saturated heterocycles. The van der Waals surface area contributed by atoms with Gasteiger partial charge in [-0.1, -0.05) is 18.2 Å². The van der Waals surface area contributed by atoms with Crippen molar-refractivity contribution in [1.82, 2.24) is 15.0 Å². The van der Waals surface area contributed by atoms with Crippen LogP contribution in [0.5, 0.6) is 0 Å². The molecule has 2 aliphatic rings. The molecule has 3 aromatic rings. The number of nitrogens with one attached hydrogen (secondary N) is 1. The summed E-state index contributed by atoms with van der Waals surface area (Å²) in [5, 5.41) is 11.3. The maximum absolute atomic E-state index is 9.94. The standard InChI is InChI=1S/C20H23N5O/c26-14-4-3-10-24(12-14)19-7-9-21-20(23-19)25-11-8-16-15-5-1-2-6-17(15)22-18(16)13-25/h1-2,5-7,9,14,22,26H,3-4,8,10-13H2/t14-/m0/s1. The summed E-state index contributed by atoms with van der Waals surface area (Å²) in [7, 11) is 0. The van der Waals surface area contributed by atoms with Gasteiger partial charge in [-0.25, -0.2) is 4.98 Å². The van der Waals surface area contributed by atoms with Crippen molar-refractivity contribution in [3.05, 3.63) is 47.8 Å². The fourth-order valence-electron chi connectivity index (χ4n) is 4.19. The van der Waals surface area contributed by atoms with E-state index in [2.05, 4.69) is 44.0 Å². The van der Waals surface area contributed by atoms with Gasteiger partial charge in [0.15, 0.2) is 0 Å².